The van der Waals surface area contributed by atoms with Gasteiger partial charge in [0.1, 0.15) is 11.5 Å². The summed E-state index contributed by atoms with van der Waals surface area (Å²) in [5.74, 6) is 0.0350. The maximum atomic E-state index is 12.7. The van der Waals surface area contributed by atoms with E-state index in [0.29, 0.717) is 28.1 Å². The molecule has 166 valence electrons. The summed E-state index contributed by atoms with van der Waals surface area (Å²) < 4.78 is 52.9. The maximum absolute atomic E-state index is 12.7. The smallest absolute Gasteiger partial charge is 0.497 e. The van der Waals surface area contributed by atoms with Gasteiger partial charge in [-0.1, -0.05) is 0 Å². The average Bonchev–Trinajstić information content (AvgIpc) is 3.34. The van der Waals surface area contributed by atoms with Crippen molar-refractivity contribution in [1.29, 1.82) is 0 Å². The predicted octanol–water partition coefficient (Wildman–Crippen LogP) is 3.53. The first-order valence-corrected chi connectivity index (χ1v) is 9.23. The lowest BCUT2D eigenvalue weighted by molar-refractivity contribution is -0.274. The van der Waals surface area contributed by atoms with E-state index in [0.717, 1.165) is 12.1 Å². The van der Waals surface area contributed by atoms with Crippen LogP contribution in [0.25, 0.3) is 17.0 Å². The highest BCUT2D eigenvalue weighted by atomic mass is 19.4. The topological polar surface area (TPSA) is 104 Å². The molecular formula is C20H16F3N5O4. The van der Waals surface area contributed by atoms with Gasteiger partial charge in [-0.15, -0.1) is 23.4 Å². The fraction of sp³-hybridized carbons (Fsp3) is 0.200. The zero-order chi connectivity index (χ0) is 22.9. The number of hydrogen-bond acceptors (Lipinski definition) is 7. The summed E-state index contributed by atoms with van der Waals surface area (Å²) in [7, 11) is 1.53. The van der Waals surface area contributed by atoms with Crippen LogP contribution in [0.3, 0.4) is 0 Å². The monoisotopic (exact) mass is 447 g/mol. The number of nitrogens with one attached hydrogen (secondary N) is 1. The van der Waals surface area contributed by atoms with E-state index >= 15 is 0 Å². The Bertz CT molecular complexity index is 1260. The molecule has 0 atom stereocenters. The first-order valence-electron chi connectivity index (χ1n) is 9.23. The zero-order valence-electron chi connectivity index (χ0n) is 16.8. The Morgan fingerprint density at radius 1 is 1.16 bits per heavy atom. The van der Waals surface area contributed by atoms with Crippen LogP contribution in [0.5, 0.6) is 11.5 Å². The summed E-state index contributed by atoms with van der Waals surface area (Å²) >= 11 is 0. The van der Waals surface area contributed by atoms with Crippen molar-refractivity contribution in [3.05, 3.63) is 59.7 Å². The SMILES string of the molecule is COc1ccn2nc(C)c(C(=O)NCc3nnc(-c4ccc(OC(F)(F)F)cc4)o3)c2c1. The highest BCUT2D eigenvalue weighted by molar-refractivity contribution is 6.02. The van der Waals surface area contributed by atoms with Crippen molar-refractivity contribution in [2.45, 2.75) is 19.8 Å². The molecule has 0 unspecified atom stereocenters. The minimum atomic E-state index is -4.78. The minimum Gasteiger partial charge on any atom is -0.497 e. The number of amides is 1. The molecule has 0 spiro atoms. The number of fused-ring (bicyclic) bond motifs is 1. The van der Waals surface area contributed by atoms with Gasteiger partial charge in [0.25, 0.3) is 5.91 Å². The Morgan fingerprint density at radius 3 is 2.59 bits per heavy atom. The molecule has 9 nitrogen and oxygen atoms in total. The second kappa shape index (κ2) is 8.21. The molecule has 0 aliphatic carbocycles. The number of methoxy groups -OCH3 is 1. The number of ether oxygens (including phenoxy) is 2. The second-order valence-corrected chi connectivity index (χ2v) is 6.61. The van der Waals surface area contributed by atoms with Crippen molar-refractivity contribution in [2.24, 2.45) is 0 Å². The number of carbonyl (C=O) groups excluding carboxylic acids is 1. The van der Waals surface area contributed by atoms with Crippen LogP contribution in [0.15, 0.2) is 47.0 Å². The number of pyridine rings is 1. The summed E-state index contributed by atoms with van der Waals surface area (Å²) in [4.78, 5) is 12.7. The third-order valence-electron chi connectivity index (χ3n) is 4.45. The van der Waals surface area contributed by atoms with Crippen LogP contribution in [0.2, 0.25) is 0 Å². The van der Waals surface area contributed by atoms with Gasteiger partial charge < -0.3 is 19.2 Å². The van der Waals surface area contributed by atoms with Crippen molar-refractivity contribution in [3.63, 3.8) is 0 Å². The van der Waals surface area contributed by atoms with Gasteiger partial charge in [-0.3, -0.25) is 4.79 Å². The van der Waals surface area contributed by atoms with E-state index < -0.39 is 6.36 Å². The average molecular weight is 447 g/mol. The highest BCUT2D eigenvalue weighted by Crippen LogP contribution is 2.26. The van der Waals surface area contributed by atoms with E-state index in [9.17, 15) is 18.0 Å². The Labute approximate surface area is 178 Å². The van der Waals surface area contributed by atoms with Gasteiger partial charge in [0.15, 0.2) is 0 Å². The van der Waals surface area contributed by atoms with E-state index in [-0.39, 0.29) is 30.0 Å². The van der Waals surface area contributed by atoms with Crippen LogP contribution in [0, 0.1) is 6.92 Å². The molecule has 0 fully saturated rings. The van der Waals surface area contributed by atoms with Crippen LogP contribution >= 0.6 is 0 Å². The molecule has 4 rings (SSSR count). The number of benzene rings is 1. The lowest BCUT2D eigenvalue weighted by Crippen LogP contribution is -2.23. The molecule has 4 aromatic rings. The molecule has 1 amide bonds. The number of aromatic nitrogens is 4. The van der Waals surface area contributed by atoms with Gasteiger partial charge in [0, 0.05) is 17.8 Å². The largest absolute Gasteiger partial charge is 0.573 e. The summed E-state index contributed by atoms with van der Waals surface area (Å²) in [5, 5.41) is 14.7. The minimum absolute atomic E-state index is 0.0537. The Hall–Kier alpha value is -4.09. The molecular weight excluding hydrogens is 431 g/mol. The van der Waals surface area contributed by atoms with E-state index in [1.807, 2.05) is 0 Å². The van der Waals surface area contributed by atoms with Crippen LogP contribution in [-0.2, 0) is 6.54 Å². The van der Waals surface area contributed by atoms with Crippen molar-refractivity contribution >= 4 is 11.4 Å². The number of alkyl halides is 3. The molecule has 0 saturated carbocycles. The maximum Gasteiger partial charge on any atom is 0.573 e. The fourth-order valence-corrected chi connectivity index (χ4v) is 3.04. The summed E-state index contributed by atoms with van der Waals surface area (Å²) in [6.07, 6.45) is -3.09. The molecule has 32 heavy (non-hydrogen) atoms. The Kier molecular flexibility index (Phi) is 5.43. The molecule has 1 aromatic carbocycles. The van der Waals surface area contributed by atoms with Crippen molar-refractivity contribution < 1.29 is 31.9 Å². The standard InChI is InChI=1S/C20H16F3N5O4/c1-11-17(15-9-14(30-2)7-8-28(15)27-11)18(29)24-10-16-25-26-19(31-16)12-3-5-13(6-4-12)32-20(21,22)23/h3-9H,10H2,1-2H3,(H,24,29). The summed E-state index contributed by atoms with van der Waals surface area (Å²) in [6.45, 7) is 1.66. The molecule has 0 aliphatic rings. The predicted molar refractivity (Wildman–Crippen MR) is 104 cm³/mol. The first-order chi connectivity index (χ1) is 15.2. The van der Waals surface area contributed by atoms with Gasteiger partial charge in [-0.2, -0.15) is 5.10 Å². The van der Waals surface area contributed by atoms with Crippen LogP contribution < -0.4 is 14.8 Å². The Morgan fingerprint density at radius 2 is 1.91 bits per heavy atom. The number of hydrogen-bond donors (Lipinski definition) is 1. The van der Waals surface area contributed by atoms with Gasteiger partial charge in [0.2, 0.25) is 11.8 Å². The van der Waals surface area contributed by atoms with E-state index in [4.69, 9.17) is 9.15 Å². The lowest BCUT2D eigenvalue weighted by atomic mass is 10.2. The second-order valence-electron chi connectivity index (χ2n) is 6.61. The number of halogens is 3. The number of rotatable bonds is 6. The molecule has 0 saturated heterocycles. The molecule has 0 bridgehead atoms. The van der Waals surface area contributed by atoms with E-state index in [1.165, 1.54) is 19.2 Å². The molecule has 0 radical (unpaired) electrons. The zero-order valence-corrected chi connectivity index (χ0v) is 16.8. The van der Waals surface area contributed by atoms with Gasteiger partial charge >= 0.3 is 6.36 Å². The van der Waals surface area contributed by atoms with Crippen LogP contribution in [-0.4, -0.2) is 39.2 Å². The number of carbonyl (C=O) groups is 1. The van der Waals surface area contributed by atoms with Crippen molar-refractivity contribution in [2.75, 3.05) is 7.11 Å². The molecule has 3 heterocycles. The molecule has 0 aliphatic heterocycles. The van der Waals surface area contributed by atoms with Crippen LogP contribution in [0.4, 0.5) is 13.2 Å². The normalized spacial score (nSPS) is 11.5. The third kappa shape index (κ3) is 4.48. The van der Waals surface area contributed by atoms with Gasteiger partial charge in [-0.05, 0) is 37.3 Å². The number of nitrogens with zero attached hydrogens (tertiary/aromatic N) is 4. The summed E-state index contributed by atoms with van der Waals surface area (Å²) in [6, 6.07) is 8.40. The molecule has 1 N–H and O–H groups in total. The van der Waals surface area contributed by atoms with Gasteiger partial charge in [0.05, 0.1) is 30.4 Å². The van der Waals surface area contributed by atoms with Gasteiger partial charge in [-0.25, -0.2) is 4.52 Å². The molecule has 12 heteroatoms. The van der Waals surface area contributed by atoms with E-state index in [1.54, 1.807) is 29.8 Å². The first kappa shape index (κ1) is 21.2. The summed E-state index contributed by atoms with van der Waals surface area (Å²) in [5.41, 5.74) is 1.88. The lowest BCUT2D eigenvalue weighted by Gasteiger charge is -2.08. The Balaban J connectivity index is 1.45. The highest BCUT2D eigenvalue weighted by Gasteiger charge is 2.31. The van der Waals surface area contributed by atoms with E-state index in [2.05, 4.69) is 25.3 Å². The number of aryl methyl sites for hydroxylation is 1. The van der Waals surface area contributed by atoms with Crippen molar-refractivity contribution in [1.82, 2.24) is 25.1 Å². The quantitative estimate of drug-likeness (QED) is 0.482. The molecule has 3 aromatic heterocycles. The van der Waals surface area contributed by atoms with Crippen LogP contribution in [0.1, 0.15) is 21.9 Å². The fourth-order valence-electron chi connectivity index (χ4n) is 3.04. The third-order valence-corrected chi connectivity index (χ3v) is 4.45. The van der Waals surface area contributed by atoms with Crippen molar-refractivity contribution in [3.8, 4) is 23.0 Å².